The molecule has 0 saturated carbocycles. The SMILES string of the molecule is CC1OCCC1N(C)C(=O)C1(C(N)=NO)CCOCC1. The molecule has 0 aliphatic carbocycles. The van der Waals surface area contributed by atoms with Crippen molar-refractivity contribution < 1.29 is 19.5 Å². The summed E-state index contributed by atoms with van der Waals surface area (Å²) < 4.78 is 10.8. The van der Waals surface area contributed by atoms with Gasteiger partial charge in [-0.05, 0) is 26.2 Å². The van der Waals surface area contributed by atoms with Crippen molar-refractivity contribution in [3.63, 3.8) is 0 Å². The first-order chi connectivity index (χ1) is 9.53. The summed E-state index contributed by atoms with van der Waals surface area (Å²) in [6.45, 7) is 3.49. The van der Waals surface area contributed by atoms with E-state index in [2.05, 4.69) is 5.16 Å². The van der Waals surface area contributed by atoms with E-state index in [0.717, 1.165) is 6.42 Å². The number of oxime groups is 1. The van der Waals surface area contributed by atoms with Gasteiger partial charge in [-0.25, -0.2) is 0 Å². The van der Waals surface area contributed by atoms with Crippen LogP contribution in [0.3, 0.4) is 0 Å². The molecule has 0 radical (unpaired) electrons. The molecular formula is C13H23N3O4. The van der Waals surface area contributed by atoms with Crippen molar-refractivity contribution >= 4 is 11.7 Å². The number of carbonyl (C=O) groups excluding carboxylic acids is 1. The number of rotatable bonds is 3. The Kier molecular flexibility index (Phi) is 4.49. The molecule has 0 bridgehead atoms. The average Bonchev–Trinajstić information content (AvgIpc) is 2.91. The first-order valence-corrected chi connectivity index (χ1v) is 6.97. The third kappa shape index (κ3) is 2.47. The van der Waals surface area contributed by atoms with Crippen molar-refractivity contribution in [2.75, 3.05) is 26.9 Å². The number of nitrogens with two attached hydrogens (primary N) is 1. The normalized spacial score (nSPS) is 30.2. The zero-order valence-electron chi connectivity index (χ0n) is 12.0. The van der Waals surface area contributed by atoms with Crippen LogP contribution in [0.5, 0.6) is 0 Å². The zero-order valence-corrected chi connectivity index (χ0v) is 12.0. The van der Waals surface area contributed by atoms with Gasteiger partial charge in [0.05, 0.1) is 12.1 Å². The second-order valence-electron chi connectivity index (χ2n) is 5.53. The molecular weight excluding hydrogens is 262 g/mol. The number of hydrogen-bond acceptors (Lipinski definition) is 5. The van der Waals surface area contributed by atoms with E-state index >= 15 is 0 Å². The van der Waals surface area contributed by atoms with Crippen LogP contribution in [-0.2, 0) is 14.3 Å². The summed E-state index contributed by atoms with van der Waals surface area (Å²) in [5.74, 6) is -0.136. The molecule has 1 amide bonds. The predicted molar refractivity (Wildman–Crippen MR) is 72.5 cm³/mol. The number of carbonyl (C=O) groups is 1. The summed E-state index contributed by atoms with van der Waals surface area (Å²) in [5, 5.41) is 12.1. The highest BCUT2D eigenvalue weighted by atomic mass is 16.5. The lowest BCUT2D eigenvalue weighted by Gasteiger charge is -2.39. The molecule has 2 atom stereocenters. The Hall–Kier alpha value is -1.34. The van der Waals surface area contributed by atoms with Crippen molar-refractivity contribution in [3.8, 4) is 0 Å². The fraction of sp³-hybridized carbons (Fsp3) is 0.846. The highest BCUT2D eigenvalue weighted by Crippen LogP contribution is 2.34. The smallest absolute Gasteiger partial charge is 0.236 e. The number of nitrogens with zero attached hydrogens (tertiary/aromatic N) is 2. The van der Waals surface area contributed by atoms with Gasteiger partial charge in [-0.3, -0.25) is 4.79 Å². The minimum absolute atomic E-state index is 0.00753. The van der Waals surface area contributed by atoms with Gasteiger partial charge in [-0.2, -0.15) is 0 Å². The minimum Gasteiger partial charge on any atom is -0.409 e. The fourth-order valence-corrected chi connectivity index (χ4v) is 3.11. The molecule has 0 aromatic carbocycles. The molecule has 2 unspecified atom stereocenters. The van der Waals surface area contributed by atoms with Gasteiger partial charge in [0.1, 0.15) is 5.41 Å². The Bertz CT molecular complexity index is 393. The molecule has 2 aliphatic heterocycles. The van der Waals surface area contributed by atoms with Crippen LogP contribution < -0.4 is 5.73 Å². The minimum atomic E-state index is -0.954. The van der Waals surface area contributed by atoms with E-state index in [4.69, 9.17) is 20.4 Å². The van der Waals surface area contributed by atoms with Gasteiger partial charge in [0.25, 0.3) is 0 Å². The lowest BCUT2D eigenvalue weighted by Crippen LogP contribution is -2.56. The summed E-state index contributed by atoms with van der Waals surface area (Å²) in [7, 11) is 1.76. The van der Waals surface area contributed by atoms with Crippen molar-refractivity contribution in [3.05, 3.63) is 0 Å². The second kappa shape index (κ2) is 5.97. The highest BCUT2D eigenvalue weighted by molar-refractivity contribution is 6.06. The molecule has 2 saturated heterocycles. The van der Waals surface area contributed by atoms with Crippen molar-refractivity contribution in [2.24, 2.45) is 16.3 Å². The number of amidine groups is 1. The van der Waals surface area contributed by atoms with E-state index in [1.54, 1.807) is 11.9 Å². The Morgan fingerprint density at radius 3 is 2.55 bits per heavy atom. The molecule has 20 heavy (non-hydrogen) atoms. The summed E-state index contributed by atoms with van der Waals surface area (Å²) in [5.41, 5.74) is 4.87. The lowest BCUT2D eigenvalue weighted by atomic mass is 9.77. The Morgan fingerprint density at radius 2 is 2.05 bits per heavy atom. The number of likely N-dealkylation sites (N-methyl/N-ethyl adjacent to an activating group) is 1. The zero-order chi connectivity index (χ0) is 14.8. The van der Waals surface area contributed by atoms with Crippen LogP contribution in [0.2, 0.25) is 0 Å². The van der Waals surface area contributed by atoms with Crippen LogP contribution in [0.1, 0.15) is 26.2 Å². The lowest BCUT2D eigenvalue weighted by molar-refractivity contribution is -0.144. The van der Waals surface area contributed by atoms with Gasteiger partial charge in [0.2, 0.25) is 5.91 Å². The molecule has 114 valence electrons. The van der Waals surface area contributed by atoms with Crippen molar-refractivity contribution in [2.45, 2.75) is 38.3 Å². The first-order valence-electron chi connectivity index (χ1n) is 6.97. The van der Waals surface area contributed by atoms with Crippen LogP contribution >= 0.6 is 0 Å². The third-order valence-electron chi connectivity index (χ3n) is 4.51. The molecule has 3 N–H and O–H groups in total. The molecule has 2 heterocycles. The van der Waals surface area contributed by atoms with E-state index in [0.29, 0.717) is 32.7 Å². The number of hydrogen-bond donors (Lipinski definition) is 2. The van der Waals surface area contributed by atoms with Crippen LogP contribution in [-0.4, -0.2) is 60.9 Å². The van der Waals surface area contributed by atoms with E-state index < -0.39 is 5.41 Å². The highest BCUT2D eigenvalue weighted by Gasteiger charge is 2.48. The summed E-state index contributed by atoms with van der Waals surface area (Å²) in [6, 6.07) is 0.0358. The van der Waals surface area contributed by atoms with Crippen LogP contribution in [0.15, 0.2) is 5.16 Å². The molecule has 2 aliphatic rings. The standard InChI is InChI=1S/C13H23N3O4/c1-9-10(3-6-20-9)16(2)12(17)13(11(14)15-18)4-7-19-8-5-13/h9-10,18H,3-8H2,1-2H3,(H2,14,15). The topological polar surface area (TPSA) is 97.4 Å². The molecule has 7 heteroatoms. The average molecular weight is 285 g/mol. The van der Waals surface area contributed by atoms with Gasteiger partial charge < -0.3 is 25.3 Å². The van der Waals surface area contributed by atoms with Gasteiger partial charge >= 0.3 is 0 Å². The van der Waals surface area contributed by atoms with E-state index in [1.807, 2.05) is 6.92 Å². The Labute approximate surface area is 118 Å². The maximum atomic E-state index is 12.9. The maximum Gasteiger partial charge on any atom is 0.236 e. The molecule has 7 nitrogen and oxygen atoms in total. The Balaban J connectivity index is 2.22. The van der Waals surface area contributed by atoms with E-state index in [-0.39, 0.29) is 23.9 Å². The van der Waals surface area contributed by atoms with Crippen LogP contribution in [0.4, 0.5) is 0 Å². The van der Waals surface area contributed by atoms with Crippen molar-refractivity contribution in [1.29, 1.82) is 0 Å². The molecule has 2 fully saturated rings. The fourth-order valence-electron chi connectivity index (χ4n) is 3.11. The van der Waals surface area contributed by atoms with E-state index in [9.17, 15) is 4.79 Å². The van der Waals surface area contributed by atoms with Crippen LogP contribution in [0.25, 0.3) is 0 Å². The number of amides is 1. The molecule has 2 rings (SSSR count). The third-order valence-corrected chi connectivity index (χ3v) is 4.51. The summed E-state index contributed by atoms with van der Waals surface area (Å²) >= 11 is 0. The quantitative estimate of drug-likeness (QED) is 0.333. The summed E-state index contributed by atoms with van der Waals surface area (Å²) in [4.78, 5) is 14.6. The number of ether oxygens (including phenoxy) is 2. The van der Waals surface area contributed by atoms with Gasteiger partial charge in [-0.1, -0.05) is 5.16 Å². The van der Waals surface area contributed by atoms with Crippen LogP contribution in [0, 0.1) is 5.41 Å². The predicted octanol–water partition coefficient (Wildman–Crippen LogP) is 0.165. The molecule has 0 spiro atoms. The maximum absolute atomic E-state index is 12.9. The van der Waals surface area contributed by atoms with Gasteiger partial charge in [0, 0.05) is 26.9 Å². The molecule has 0 aromatic heterocycles. The van der Waals surface area contributed by atoms with Gasteiger partial charge in [-0.15, -0.1) is 0 Å². The van der Waals surface area contributed by atoms with E-state index in [1.165, 1.54) is 0 Å². The Morgan fingerprint density at radius 1 is 1.40 bits per heavy atom. The summed E-state index contributed by atoms with van der Waals surface area (Å²) in [6.07, 6.45) is 1.70. The van der Waals surface area contributed by atoms with Crippen molar-refractivity contribution in [1.82, 2.24) is 4.90 Å². The molecule has 0 aromatic rings. The second-order valence-corrected chi connectivity index (χ2v) is 5.53. The first kappa shape index (κ1) is 15.1. The monoisotopic (exact) mass is 285 g/mol. The largest absolute Gasteiger partial charge is 0.409 e. The van der Waals surface area contributed by atoms with Gasteiger partial charge in [0.15, 0.2) is 5.84 Å².